The summed E-state index contributed by atoms with van der Waals surface area (Å²) >= 11 is 5.84. The largest absolute Gasteiger partial charge is 0.477 e. The van der Waals surface area contributed by atoms with E-state index < -0.39 is 6.10 Å². The van der Waals surface area contributed by atoms with Crippen molar-refractivity contribution in [2.75, 3.05) is 17.2 Å². The van der Waals surface area contributed by atoms with E-state index in [1.165, 1.54) is 4.90 Å². The highest BCUT2D eigenvalue weighted by Gasteiger charge is 2.35. The first-order chi connectivity index (χ1) is 11.5. The van der Waals surface area contributed by atoms with E-state index in [2.05, 4.69) is 4.98 Å². The van der Waals surface area contributed by atoms with Gasteiger partial charge in [0.05, 0.1) is 6.54 Å². The van der Waals surface area contributed by atoms with Crippen LogP contribution in [0.4, 0.5) is 11.6 Å². The van der Waals surface area contributed by atoms with Crippen LogP contribution in [-0.4, -0.2) is 29.3 Å². The van der Waals surface area contributed by atoms with E-state index in [1.54, 1.807) is 36.4 Å². The molecule has 0 spiro atoms. The van der Waals surface area contributed by atoms with E-state index >= 15 is 0 Å². The normalized spacial score (nSPS) is 16.5. The van der Waals surface area contributed by atoms with Gasteiger partial charge in [-0.25, -0.2) is 4.98 Å². The number of nitrogens with two attached hydrogens (primary N) is 1. The first-order valence-corrected chi connectivity index (χ1v) is 7.90. The third-order valence-electron chi connectivity index (χ3n) is 3.77. The van der Waals surface area contributed by atoms with Gasteiger partial charge in [0.15, 0.2) is 23.5 Å². The predicted octanol–water partition coefficient (Wildman–Crippen LogP) is 2.70. The zero-order valence-electron chi connectivity index (χ0n) is 13.0. The molecule has 7 heteroatoms. The van der Waals surface area contributed by atoms with Crippen LogP contribution in [0.15, 0.2) is 36.4 Å². The molecule has 0 saturated heterocycles. The Morgan fingerprint density at radius 3 is 2.67 bits per heavy atom. The Morgan fingerprint density at radius 2 is 2.00 bits per heavy atom. The molecule has 0 bridgehead atoms. The lowest BCUT2D eigenvalue weighted by Gasteiger charge is -2.32. The summed E-state index contributed by atoms with van der Waals surface area (Å²) in [4.78, 5) is 30.6. The lowest BCUT2D eigenvalue weighted by Crippen LogP contribution is -2.48. The Hall–Kier alpha value is -2.60. The molecule has 2 aromatic rings. The fourth-order valence-corrected chi connectivity index (χ4v) is 2.62. The number of nitrogens with zero attached hydrogens (tertiary/aromatic N) is 2. The second-order valence-corrected chi connectivity index (χ2v) is 5.86. The number of nitrogen functional groups attached to an aromatic ring is 1. The van der Waals surface area contributed by atoms with Gasteiger partial charge in [-0.15, -0.1) is 0 Å². The van der Waals surface area contributed by atoms with Crippen molar-refractivity contribution in [3.05, 3.63) is 47.0 Å². The molecular weight excluding hydrogens is 330 g/mol. The number of benzene rings is 1. The molecule has 24 heavy (non-hydrogen) atoms. The predicted molar refractivity (Wildman–Crippen MR) is 91.5 cm³/mol. The van der Waals surface area contributed by atoms with Gasteiger partial charge in [-0.05, 0) is 42.8 Å². The summed E-state index contributed by atoms with van der Waals surface area (Å²) in [5.41, 5.74) is 6.18. The number of amides is 1. The molecule has 2 heterocycles. The van der Waals surface area contributed by atoms with Crippen LogP contribution in [-0.2, 0) is 4.79 Å². The van der Waals surface area contributed by atoms with Crippen LogP contribution in [0.5, 0.6) is 5.75 Å². The van der Waals surface area contributed by atoms with Crippen molar-refractivity contribution in [1.29, 1.82) is 0 Å². The molecule has 6 nitrogen and oxygen atoms in total. The average molecular weight is 346 g/mol. The van der Waals surface area contributed by atoms with Crippen molar-refractivity contribution in [3.8, 4) is 5.75 Å². The van der Waals surface area contributed by atoms with Crippen LogP contribution in [0.1, 0.15) is 23.7 Å². The van der Waals surface area contributed by atoms with Gasteiger partial charge in [0.2, 0.25) is 0 Å². The van der Waals surface area contributed by atoms with Crippen LogP contribution in [0.25, 0.3) is 0 Å². The number of anilines is 2. The number of halogens is 1. The number of carbonyl (C=O) groups is 2. The summed E-state index contributed by atoms with van der Waals surface area (Å²) in [5.74, 6) is 0.452. The van der Waals surface area contributed by atoms with Crippen molar-refractivity contribution >= 4 is 34.9 Å². The number of ether oxygens (including phenoxy) is 1. The fraction of sp³-hybridized carbons (Fsp3) is 0.235. The number of carbonyl (C=O) groups excluding carboxylic acids is 2. The topological polar surface area (TPSA) is 85.5 Å². The molecule has 1 aliphatic rings. The van der Waals surface area contributed by atoms with Crippen LogP contribution in [0, 0.1) is 0 Å². The van der Waals surface area contributed by atoms with E-state index in [9.17, 15) is 9.59 Å². The second-order valence-electron chi connectivity index (χ2n) is 5.43. The minimum absolute atomic E-state index is 0.135. The van der Waals surface area contributed by atoms with E-state index in [4.69, 9.17) is 22.1 Å². The van der Waals surface area contributed by atoms with Crippen molar-refractivity contribution in [3.63, 3.8) is 0 Å². The quantitative estimate of drug-likeness (QED) is 0.861. The minimum atomic E-state index is -0.638. The average Bonchev–Trinajstić information content (AvgIpc) is 2.58. The lowest BCUT2D eigenvalue weighted by molar-refractivity contribution is -0.126. The number of hydrogen-bond acceptors (Lipinski definition) is 5. The second kappa shape index (κ2) is 6.49. The van der Waals surface area contributed by atoms with Gasteiger partial charge < -0.3 is 10.5 Å². The monoisotopic (exact) mass is 345 g/mol. The number of pyridine rings is 1. The molecule has 3 rings (SSSR count). The maximum Gasteiger partial charge on any atom is 0.269 e. The SMILES string of the molecule is CCC1Oc2ccc(N)nc2N(CC(=O)c2ccc(Cl)cc2)C1=O. The van der Waals surface area contributed by atoms with E-state index in [0.717, 1.165) is 0 Å². The molecule has 1 aromatic heterocycles. The van der Waals surface area contributed by atoms with Crippen molar-refractivity contribution in [2.24, 2.45) is 0 Å². The Labute approximate surface area is 144 Å². The molecule has 1 amide bonds. The maximum atomic E-state index is 12.6. The molecule has 124 valence electrons. The van der Waals surface area contributed by atoms with E-state index in [0.29, 0.717) is 22.8 Å². The number of rotatable bonds is 4. The first-order valence-electron chi connectivity index (χ1n) is 7.53. The van der Waals surface area contributed by atoms with Gasteiger partial charge in [0, 0.05) is 10.6 Å². The smallest absolute Gasteiger partial charge is 0.269 e. The number of aromatic nitrogens is 1. The zero-order valence-corrected chi connectivity index (χ0v) is 13.8. The molecule has 1 aromatic carbocycles. The van der Waals surface area contributed by atoms with Gasteiger partial charge in [0.1, 0.15) is 5.82 Å². The number of hydrogen-bond donors (Lipinski definition) is 1. The highest BCUT2D eigenvalue weighted by atomic mass is 35.5. The Bertz CT molecular complexity index is 792. The Morgan fingerprint density at radius 1 is 1.29 bits per heavy atom. The Balaban J connectivity index is 1.93. The summed E-state index contributed by atoms with van der Waals surface area (Å²) in [6.45, 7) is 1.71. The molecule has 0 radical (unpaired) electrons. The maximum absolute atomic E-state index is 12.6. The van der Waals surface area contributed by atoms with Crippen LogP contribution in [0.2, 0.25) is 5.02 Å². The molecule has 0 aliphatic carbocycles. The number of fused-ring (bicyclic) bond motifs is 1. The molecule has 0 saturated carbocycles. The molecule has 1 aliphatic heterocycles. The summed E-state index contributed by atoms with van der Waals surface area (Å²) in [6.07, 6.45) is -0.144. The summed E-state index contributed by atoms with van der Waals surface area (Å²) in [7, 11) is 0. The zero-order chi connectivity index (χ0) is 17.3. The first kappa shape index (κ1) is 16.3. The molecule has 1 atom stereocenters. The van der Waals surface area contributed by atoms with Crippen LogP contribution < -0.4 is 15.4 Å². The highest BCUT2D eigenvalue weighted by molar-refractivity contribution is 6.30. The summed E-state index contributed by atoms with van der Waals surface area (Å²) in [5, 5.41) is 0.542. The highest BCUT2D eigenvalue weighted by Crippen LogP contribution is 2.33. The third-order valence-corrected chi connectivity index (χ3v) is 4.02. The Kier molecular flexibility index (Phi) is 4.40. The minimum Gasteiger partial charge on any atom is -0.477 e. The molecule has 0 fully saturated rings. The van der Waals surface area contributed by atoms with Gasteiger partial charge in [-0.2, -0.15) is 0 Å². The third kappa shape index (κ3) is 3.05. The van der Waals surface area contributed by atoms with Gasteiger partial charge in [-0.1, -0.05) is 18.5 Å². The molecule has 1 unspecified atom stereocenters. The van der Waals surface area contributed by atoms with Gasteiger partial charge in [0.25, 0.3) is 5.91 Å². The van der Waals surface area contributed by atoms with Gasteiger partial charge >= 0.3 is 0 Å². The molecular formula is C17H16ClN3O3. The standard InChI is InChI=1S/C17H16ClN3O3/c1-2-13-17(23)21(16-14(24-13)7-8-15(19)20-16)9-12(22)10-3-5-11(18)6-4-10/h3-8,13H,2,9H2,1H3,(H2,19,20). The summed E-state index contributed by atoms with van der Waals surface area (Å²) < 4.78 is 5.64. The fourth-order valence-electron chi connectivity index (χ4n) is 2.50. The van der Waals surface area contributed by atoms with E-state index in [1.807, 2.05) is 6.92 Å². The number of ketones is 1. The molecule has 2 N–H and O–H groups in total. The van der Waals surface area contributed by atoms with Gasteiger partial charge in [-0.3, -0.25) is 14.5 Å². The van der Waals surface area contributed by atoms with E-state index in [-0.39, 0.29) is 29.9 Å². The van der Waals surface area contributed by atoms with Crippen molar-refractivity contribution in [2.45, 2.75) is 19.4 Å². The summed E-state index contributed by atoms with van der Waals surface area (Å²) in [6, 6.07) is 9.78. The van der Waals surface area contributed by atoms with Crippen molar-refractivity contribution in [1.82, 2.24) is 4.98 Å². The lowest BCUT2D eigenvalue weighted by atomic mass is 10.1. The van der Waals surface area contributed by atoms with Crippen LogP contribution in [0.3, 0.4) is 0 Å². The number of Topliss-reactive ketones (excluding diaryl/α,β-unsaturated/α-hetero) is 1. The van der Waals surface area contributed by atoms with Crippen LogP contribution >= 0.6 is 11.6 Å². The van der Waals surface area contributed by atoms with Crippen molar-refractivity contribution < 1.29 is 14.3 Å².